The fourth-order valence-corrected chi connectivity index (χ4v) is 3.74. The number of halogens is 2. The monoisotopic (exact) mass is 467 g/mol. The summed E-state index contributed by atoms with van der Waals surface area (Å²) in [6.07, 6.45) is 2.62. The van der Waals surface area contributed by atoms with E-state index in [-0.39, 0.29) is 24.0 Å². The van der Waals surface area contributed by atoms with Crippen molar-refractivity contribution in [1.82, 2.24) is 0 Å². The zero-order valence-electron chi connectivity index (χ0n) is 19.5. The number of rotatable bonds is 10. The molecule has 0 radical (unpaired) electrons. The van der Waals surface area contributed by atoms with Crippen molar-refractivity contribution in [3.63, 3.8) is 0 Å². The van der Waals surface area contributed by atoms with Crippen molar-refractivity contribution in [2.45, 2.75) is 46.0 Å². The molecule has 0 fully saturated rings. The highest BCUT2D eigenvalue weighted by Crippen LogP contribution is 2.33. The van der Waals surface area contributed by atoms with E-state index >= 15 is 0 Å². The van der Waals surface area contributed by atoms with Crippen molar-refractivity contribution in [2.24, 2.45) is 9.98 Å². The molecule has 0 spiro atoms. The second kappa shape index (κ2) is 10.5. The Bertz CT molecular complexity index is 1180. The number of hydrogen-bond donors (Lipinski definition) is 1. The van der Waals surface area contributed by atoms with E-state index in [0.29, 0.717) is 37.3 Å². The van der Waals surface area contributed by atoms with Gasteiger partial charge in [0.2, 0.25) is 5.88 Å². The summed E-state index contributed by atoms with van der Waals surface area (Å²) >= 11 is 0. The molecule has 178 valence electrons. The Morgan fingerprint density at radius 3 is 2.68 bits per heavy atom. The first kappa shape index (κ1) is 25.0. The molecule has 0 saturated carbocycles. The van der Waals surface area contributed by atoms with E-state index < -0.39 is 17.4 Å². The number of Topliss-reactive ketones (excluding diaryl/α,β-unsaturated/α-hetero) is 2. The standard InChI is InChI=1S/C26H27F2N3O3/c1-5-17-13-19(16(2)32)9-11-21(17)31-15-30-14-20(26(3,27)28)25(29-4)34-23-8-6-7-18-10-12-22(33)24(18)23/h6-9,11,13-14,31H,4-5,10,12,15H2,1-3H3/b25-20-,30-14?. The van der Waals surface area contributed by atoms with Crippen molar-refractivity contribution in [1.29, 1.82) is 0 Å². The van der Waals surface area contributed by atoms with Crippen LogP contribution in [-0.4, -0.2) is 37.1 Å². The SMILES string of the molecule is C=N/C(Oc1cccc2c1C(=O)CC2)=C(\C=NCNc1ccc(C(C)=O)cc1CC)C(C)(F)F. The van der Waals surface area contributed by atoms with Crippen LogP contribution in [0.15, 0.2) is 57.8 Å². The van der Waals surface area contributed by atoms with Crippen LogP contribution >= 0.6 is 0 Å². The van der Waals surface area contributed by atoms with E-state index in [9.17, 15) is 18.4 Å². The van der Waals surface area contributed by atoms with Gasteiger partial charge in [-0.05, 0) is 61.9 Å². The topological polar surface area (TPSA) is 80.1 Å². The molecule has 0 heterocycles. The van der Waals surface area contributed by atoms with Gasteiger partial charge in [-0.2, -0.15) is 0 Å². The number of ketones is 2. The molecule has 2 aromatic carbocycles. The van der Waals surface area contributed by atoms with Crippen LogP contribution in [-0.2, 0) is 12.8 Å². The third-order valence-corrected chi connectivity index (χ3v) is 5.54. The Balaban J connectivity index is 1.83. The zero-order valence-corrected chi connectivity index (χ0v) is 19.5. The van der Waals surface area contributed by atoms with E-state index in [4.69, 9.17) is 4.74 Å². The van der Waals surface area contributed by atoms with Crippen LogP contribution in [0, 0.1) is 0 Å². The molecule has 1 N–H and O–H groups in total. The van der Waals surface area contributed by atoms with Gasteiger partial charge in [-0.25, -0.2) is 13.8 Å². The summed E-state index contributed by atoms with van der Waals surface area (Å²) in [5.74, 6) is -3.69. The van der Waals surface area contributed by atoms with Crippen LogP contribution in [0.2, 0.25) is 0 Å². The molecule has 6 nitrogen and oxygen atoms in total. The third kappa shape index (κ3) is 5.62. The summed E-state index contributed by atoms with van der Waals surface area (Å²) in [6.45, 7) is 7.55. The van der Waals surface area contributed by atoms with Gasteiger partial charge in [-0.15, -0.1) is 0 Å². The number of fused-ring (bicyclic) bond motifs is 1. The first-order chi connectivity index (χ1) is 16.2. The van der Waals surface area contributed by atoms with Crippen LogP contribution in [0.5, 0.6) is 5.75 Å². The Hall–Kier alpha value is -3.68. The van der Waals surface area contributed by atoms with Crippen LogP contribution in [0.25, 0.3) is 0 Å². The van der Waals surface area contributed by atoms with Gasteiger partial charge in [-0.1, -0.05) is 19.1 Å². The number of aryl methyl sites for hydroxylation is 2. The van der Waals surface area contributed by atoms with Crippen LogP contribution < -0.4 is 10.1 Å². The number of hydrogen-bond acceptors (Lipinski definition) is 6. The first-order valence-corrected chi connectivity index (χ1v) is 11.0. The minimum atomic E-state index is -3.32. The number of carbonyl (C=O) groups is 2. The lowest BCUT2D eigenvalue weighted by Gasteiger charge is -2.16. The number of nitrogens with one attached hydrogen (secondary N) is 1. The van der Waals surface area contributed by atoms with Gasteiger partial charge < -0.3 is 10.1 Å². The maximum Gasteiger partial charge on any atom is 0.277 e. The number of aliphatic imine (C=N–C) groups is 2. The van der Waals surface area contributed by atoms with Gasteiger partial charge in [0.25, 0.3) is 5.92 Å². The maximum atomic E-state index is 14.4. The Kier molecular flexibility index (Phi) is 7.71. The number of allylic oxidation sites excluding steroid dienone is 1. The number of ether oxygens (including phenoxy) is 1. The van der Waals surface area contributed by atoms with Gasteiger partial charge in [-0.3, -0.25) is 14.6 Å². The summed E-state index contributed by atoms with van der Waals surface area (Å²) in [4.78, 5) is 31.6. The molecular weight excluding hydrogens is 440 g/mol. The summed E-state index contributed by atoms with van der Waals surface area (Å²) in [7, 11) is 0. The van der Waals surface area contributed by atoms with E-state index in [0.717, 1.165) is 23.0 Å². The molecule has 0 aromatic heterocycles. The number of nitrogens with zero attached hydrogens (tertiary/aromatic N) is 2. The molecule has 34 heavy (non-hydrogen) atoms. The molecule has 8 heteroatoms. The number of benzene rings is 2. The molecule has 0 amide bonds. The second-order valence-electron chi connectivity index (χ2n) is 8.01. The molecule has 2 aromatic rings. The average Bonchev–Trinajstić information content (AvgIpc) is 3.18. The quantitative estimate of drug-likeness (QED) is 0.277. The summed E-state index contributed by atoms with van der Waals surface area (Å²) < 4.78 is 34.5. The summed E-state index contributed by atoms with van der Waals surface area (Å²) in [6, 6.07) is 10.3. The van der Waals surface area contributed by atoms with Crippen molar-refractivity contribution < 1.29 is 23.1 Å². The lowest BCUT2D eigenvalue weighted by atomic mass is 10.0. The molecule has 1 aliphatic rings. The lowest BCUT2D eigenvalue weighted by Crippen LogP contribution is -2.20. The van der Waals surface area contributed by atoms with E-state index in [1.807, 2.05) is 13.0 Å². The third-order valence-electron chi connectivity index (χ3n) is 5.54. The molecule has 0 bridgehead atoms. The molecule has 0 saturated heterocycles. The Morgan fingerprint density at radius 2 is 2.03 bits per heavy atom. The fraction of sp³-hybridized carbons (Fsp3) is 0.308. The van der Waals surface area contributed by atoms with Gasteiger partial charge in [0.1, 0.15) is 18.0 Å². The highest BCUT2D eigenvalue weighted by atomic mass is 19.3. The Labute approximate surface area is 197 Å². The van der Waals surface area contributed by atoms with Gasteiger partial charge in [0, 0.05) is 30.8 Å². The van der Waals surface area contributed by atoms with Crippen molar-refractivity contribution in [3.8, 4) is 5.75 Å². The number of anilines is 1. The maximum absolute atomic E-state index is 14.4. The van der Waals surface area contributed by atoms with E-state index in [1.165, 1.54) is 6.92 Å². The molecule has 0 unspecified atom stereocenters. The summed E-state index contributed by atoms with van der Waals surface area (Å²) in [5.41, 5.74) is 2.92. The summed E-state index contributed by atoms with van der Waals surface area (Å²) in [5, 5.41) is 3.08. The second-order valence-corrected chi connectivity index (χ2v) is 8.01. The number of alkyl halides is 2. The predicted molar refractivity (Wildman–Crippen MR) is 130 cm³/mol. The average molecular weight is 468 g/mol. The van der Waals surface area contributed by atoms with Crippen LogP contribution in [0.1, 0.15) is 59.0 Å². The highest BCUT2D eigenvalue weighted by Gasteiger charge is 2.32. The van der Waals surface area contributed by atoms with Crippen molar-refractivity contribution >= 4 is 30.2 Å². The van der Waals surface area contributed by atoms with Crippen molar-refractivity contribution in [3.05, 3.63) is 70.1 Å². The Morgan fingerprint density at radius 1 is 1.26 bits per heavy atom. The van der Waals surface area contributed by atoms with Crippen LogP contribution in [0.3, 0.4) is 0 Å². The largest absolute Gasteiger partial charge is 0.438 e. The highest BCUT2D eigenvalue weighted by molar-refractivity contribution is 6.03. The predicted octanol–water partition coefficient (Wildman–Crippen LogP) is 5.67. The normalized spacial score (nSPS) is 14.1. The molecular formula is C26H27F2N3O3. The molecule has 0 atom stereocenters. The van der Waals surface area contributed by atoms with Crippen molar-refractivity contribution in [2.75, 3.05) is 12.0 Å². The van der Waals surface area contributed by atoms with Gasteiger partial charge in [0.15, 0.2) is 11.6 Å². The molecule has 1 aliphatic carbocycles. The molecule has 0 aliphatic heterocycles. The number of carbonyl (C=O) groups excluding carboxylic acids is 2. The van der Waals surface area contributed by atoms with Gasteiger partial charge in [0.05, 0.1) is 5.56 Å². The van der Waals surface area contributed by atoms with Gasteiger partial charge >= 0.3 is 0 Å². The molecule has 3 rings (SSSR count). The minimum absolute atomic E-state index is 0.00957. The fourth-order valence-electron chi connectivity index (χ4n) is 3.74. The van der Waals surface area contributed by atoms with E-state index in [2.05, 4.69) is 22.0 Å². The zero-order chi connectivity index (χ0) is 24.9. The van der Waals surface area contributed by atoms with Crippen LogP contribution in [0.4, 0.5) is 14.5 Å². The lowest BCUT2D eigenvalue weighted by molar-refractivity contribution is 0.0665. The first-order valence-electron chi connectivity index (χ1n) is 11.0. The van der Waals surface area contributed by atoms with E-state index in [1.54, 1.807) is 30.3 Å². The smallest absolute Gasteiger partial charge is 0.277 e. The minimum Gasteiger partial charge on any atom is -0.438 e.